The highest BCUT2D eigenvalue weighted by molar-refractivity contribution is 6.04. The van der Waals surface area contributed by atoms with E-state index in [0.29, 0.717) is 19.4 Å². The highest BCUT2D eigenvalue weighted by Gasteiger charge is 2.37. The van der Waals surface area contributed by atoms with Crippen LogP contribution < -0.4 is 10.6 Å². The quantitative estimate of drug-likeness (QED) is 0.427. The Labute approximate surface area is 199 Å². The zero-order valence-electron chi connectivity index (χ0n) is 19.9. The second-order valence-electron chi connectivity index (χ2n) is 9.07. The van der Waals surface area contributed by atoms with Crippen molar-refractivity contribution in [3.05, 3.63) is 65.4 Å². The van der Waals surface area contributed by atoms with Gasteiger partial charge in [-0.15, -0.1) is 0 Å². The number of urea groups is 1. The number of carbonyl (C=O) groups is 3. The Balaban J connectivity index is 1.38. The molecule has 3 N–H and O–H groups in total. The van der Waals surface area contributed by atoms with E-state index in [-0.39, 0.29) is 17.8 Å². The van der Waals surface area contributed by atoms with Crippen molar-refractivity contribution in [2.75, 3.05) is 32.5 Å². The number of hydrogen-bond donors (Lipinski definition) is 3. The maximum atomic E-state index is 13.0. The normalized spacial score (nSPS) is 15.9. The summed E-state index contributed by atoms with van der Waals surface area (Å²) in [6, 6.07) is 12.7. The van der Waals surface area contributed by atoms with Crippen molar-refractivity contribution in [1.82, 2.24) is 20.1 Å². The fraction of sp³-hybridized carbons (Fsp3) is 0.346. The molecule has 1 saturated heterocycles. The predicted octanol–water partition coefficient (Wildman–Crippen LogP) is 2.94. The second-order valence-corrected chi connectivity index (χ2v) is 9.07. The SMILES string of the molecule is CC(=O)Nc1ccc(CCN2C(=O)NC(Cc3ccc4[nH]cc(CCN(C)C)c4c3)C2=O)cc1. The number of aromatic nitrogens is 1. The van der Waals surface area contributed by atoms with Crippen LogP contribution >= 0.6 is 0 Å². The fourth-order valence-corrected chi connectivity index (χ4v) is 4.27. The number of aromatic amines is 1. The van der Waals surface area contributed by atoms with E-state index in [0.717, 1.165) is 40.7 Å². The Hall–Kier alpha value is -3.65. The molecule has 4 amide bonds. The fourth-order valence-electron chi connectivity index (χ4n) is 4.27. The molecule has 1 unspecified atom stereocenters. The molecule has 2 heterocycles. The molecule has 1 fully saturated rings. The van der Waals surface area contributed by atoms with Gasteiger partial charge >= 0.3 is 6.03 Å². The highest BCUT2D eigenvalue weighted by atomic mass is 16.2. The Bertz CT molecular complexity index is 1200. The van der Waals surface area contributed by atoms with Crippen molar-refractivity contribution in [1.29, 1.82) is 0 Å². The van der Waals surface area contributed by atoms with Crippen molar-refractivity contribution in [3.63, 3.8) is 0 Å². The molecule has 34 heavy (non-hydrogen) atoms. The maximum Gasteiger partial charge on any atom is 0.324 e. The van der Waals surface area contributed by atoms with Crippen LogP contribution in [-0.2, 0) is 28.9 Å². The minimum absolute atomic E-state index is 0.126. The van der Waals surface area contributed by atoms with E-state index in [1.165, 1.54) is 17.4 Å². The topological polar surface area (TPSA) is 97.5 Å². The summed E-state index contributed by atoms with van der Waals surface area (Å²) in [7, 11) is 4.11. The zero-order chi connectivity index (χ0) is 24.2. The van der Waals surface area contributed by atoms with Gasteiger partial charge in [-0.3, -0.25) is 14.5 Å². The lowest BCUT2D eigenvalue weighted by atomic mass is 10.0. The van der Waals surface area contributed by atoms with Crippen LogP contribution in [0.15, 0.2) is 48.7 Å². The number of imide groups is 1. The number of nitrogens with one attached hydrogen (secondary N) is 3. The van der Waals surface area contributed by atoms with Gasteiger partial charge in [-0.2, -0.15) is 0 Å². The number of nitrogens with zero attached hydrogens (tertiary/aromatic N) is 2. The van der Waals surface area contributed by atoms with Gasteiger partial charge in [-0.05, 0) is 67.9 Å². The highest BCUT2D eigenvalue weighted by Crippen LogP contribution is 2.22. The molecule has 1 aliphatic rings. The largest absolute Gasteiger partial charge is 0.361 e. The summed E-state index contributed by atoms with van der Waals surface area (Å²) in [5.41, 5.74) is 5.05. The van der Waals surface area contributed by atoms with Crippen LogP contribution in [0.25, 0.3) is 10.9 Å². The van der Waals surface area contributed by atoms with E-state index in [2.05, 4.69) is 40.7 Å². The number of rotatable bonds is 9. The van der Waals surface area contributed by atoms with Crippen molar-refractivity contribution in [2.45, 2.75) is 32.2 Å². The van der Waals surface area contributed by atoms with E-state index in [1.54, 1.807) is 0 Å². The molecule has 0 aliphatic carbocycles. The first-order valence-electron chi connectivity index (χ1n) is 11.5. The first kappa shape index (κ1) is 23.5. The molecular weight excluding hydrogens is 430 g/mol. The molecule has 8 heteroatoms. The number of hydrogen-bond acceptors (Lipinski definition) is 4. The maximum absolute atomic E-state index is 13.0. The van der Waals surface area contributed by atoms with Crippen molar-refractivity contribution < 1.29 is 14.4 Å². The number of benzene rings is 2. The van der Waals surface area contributed by atoms with Gasteiger partial charge in [-0.1, -0.05) is 18.2 Å². The second kappa shape index (κ2) is 10.1. The van der Waals surface area contributed by atoms with E-state index in [9.17, 15) is 14.4 Å². The Morgan fingerprint density at radius 1 is 1.06 bits per heavy atom. The average molecular weight is 462 g/mol. The van der Waals surface area contributed by atoms with Gasteiger partial charge in [0.2, 0.25) is 5.91 Å². The van der Waals surface area contributed by atoms with Crippen LogP contribution in [0.4, 0.5) is 10.5 Å². The van der Waals surface area contributed by atoms with Gasteiger partial charge in [0.25, 0.3) is 5.91 Å². The first-order valence-corrected chi connectivity index (χ1v) is 11.5. The van der Waals surface area contributed by atoms with E-state index in [4.69, 9.17) is 0 Å². The molecule has 2 aromatic carbocycles. The standard InChI is InChI=1S/C26H31N5O3/c1-17(32)28-21-7-4-18(5-8-21)10-13-31-25(33)24(29-26(31)34)15-19-6-9-23-22(14-19)20(16-27-23)11-12-30(2)3/h4-9,14,16,24,27H,10-13,15H2,1-3H3,(H,28,32)(H,29,34). The van der Waals surface area contributed by atoms with Crippen molar-refractivity contribution >= 4 is 34.4 Å². The number of likely N-dealkylation sites (N-methyl/N-ethyl adjacent to an activating group) is 1. The first-order chi connectivity index (χ1) is 16.3. The van der Waals surface area contributed by atoms with Crippen LogP contribution in [0.2, 0.25) is 0 Å². The van der Waals surface area contributed by atoms with Crippen LogP contribution in [0.3, 0.4) is 0 Å². The van der Waals surface area contributed by atoms with E-state index >= 15 is 0 Å². The predicted molar refractivity (Wildman–Crippen MR) is 133 cm³/mol. The molecule has 1 aromatic heterocycles. The molecule has 4 rings (SSSR count). The Kier molecular flexibility index (Phi) is 6.98. The lowest BCUT2D eigenvalue weighted by molar-refractivity contribution is -0.127. The van der Waals surface area contributed by atoms with Gasteiger partial charge < -0.3 is 20.5 Å². The van der Waals surface area contributed by atoms with Crippen molar-refractivity contribution in [2.24, 2.45) is 0 Å². The lowest BCUT2D eigenvalue weighted by Crippen LogP contribution is -2.33. The summed E-state index contributed by atoms with van der Waals surface area (Å²) in [4.78, 5) is 43.4. The van der Waals surface area contributed by atoms with E-state index in [1.807, 2.05) is 42.6 Å². The zero-order valence-corrected chi connectivity index (χ0v) is 19.9. The molecule has 1 atom stereocenters. The summed E-state index contributed by atoms with van der Waals surface area (Å²) >= 11 is 0. The summed E-state index contributed by atoms with van der Waals surface area (Å²) in [6.07, 6.45) is 4.00. The van der Waals surface area contributed by atoms with Crippen molar-refractivity contribution in [3.8, 4) is 0 Å². The third-order valence-corrected chi connectivity index (χ3v) is 6.11. The summed E-state index contributed by atoms with van der Waals surface area (Å²) in [5, 5.41) is 6.73. The Morgan fingerprint density at radius 2 is 1.79 bits per heavy atom. The molecule has 1 aliphatic heterocycles. The third kappa shape index (κ3) is 5.46. The molecule has 178 valence electrons. The van der Waals surface area contributed by atoms with Gasteiger partial charge in [0.05, 0.1) is 0 Å². The van der Waals surface area contributed by atoms with E-state index < -0.39 is 6.04 Å². The molecule has 8 nitrogen and oxygen atoms in total. The molecule has 0 saturated carbocycles. The molecule has 0 radical (unpaired) electrons. The van der Waals surface area contributed by atoms with Crippen LogP contribution in [-0.4, -0.2) is 65.9 Å². The minimum atomic E-state index is -0.559. The third-order valence-electron chi connectivity index (χ3n) is 6.11. The monoisotopic (exact) mass is 461 g/mol. The van der Waals surface area contributed by atoms with Gasteiger partial charge in [0.15, 0.2) is 0 Å². The number of H-pyrrole nitrogens is 1. The van der Waals surface area contributed by atoms with Gasteiger partial charge in [0, 0.05) is 49.2 Å². The minimum Gasteiger partial charge on any atom is -0.361 e. The molecule has 0 bridgehead atoms. The summed E-state index contributed by atoms with van der Waals surface area (Å²) < 4.78 is 0. The number of amides is 4. The van der Waals surface area contributed by atoms with Gasteiger partial charge in [-0.25, -0.2) is 4.79 Å². The number of fused-ring (bicyclic) bond motifs is 1. The Morgan fingerprint density at radius 3 is 2.50 bits per heavy atom. The lowest BCUT2D eigenvalue weighted by Gasteiger charge is -2.13. The van der Waals surface area contributed by atoms with Gasteiger partial charge in [0.1, 0.15) is 6.04 Å². The average Bonchev–Trinajstić information content (AvgIpc) is 3.31. The number of carbonyl (C=O) groups excluding carboxylic acids is 3. The molecule has 0 spiro atoms. The number of anilines is 1. The summed E-state index contributed by atoms with van der Waals surface area (Å²) in [5.74, 6) is -0.319. The van der Waals surface area contributed by atoms with Crippen LogP contribution in [0.5, 0.6) is 0 Å². The summed E-state index contributed by atoms with van der Waals surface area (Å²) in [6.45, 7) is 2.73. The smallest absolute Gasteiger partial charge is 0.324 e. The van der Waals surface area contributed by atoms with Crippen LogP contribution in [0, 0.1) is 0 Å². The molecular formula is C26H31N5O3. The van der Waals surface area contributed by atoms with Crippen LogP contribution in [0.1, 0.15) is 23.6 Å². The molecule has 3 aromatic rings.